The van der Waals surface area contributed by atoms with Crippen molar-refractivity contribution in [3.8, 4) is 0 Å². The number of ether oxygens (including phenoxy) is 1. The molecule has 1 atom stereocenters. The molecule has 1 unspecified atom stereocenters. The van der Waals surface area contributed by atoms with E-state index in [2.05, 4.69) is 41.1 Å². The number of hydrazine groups is 1. The smallest absolute Gasteiger partial charge is 0.158 e. The normalized spacial score (nSPS) is 12.3. The van der Waals surface area contributed by atoms with Gasteiger partial charge in [-0.05, 0) is 20.3 Å². The highest BCUT2D eigenvalue weighted by Gasteiger charge is 2.14. The molecule has 0 aliphatic rings. The highest BCUT2D eigenvalue weighted by Crippen LogP contribution is 2.19. The van der Waals surface area contributed by atoms with Crippen molar-refractivity contribution in [2.75, 3.05) is 24.0 Å². The molecule has 0 spiro atoms. The molecule has 0 aromatic carbocycles. The third-order valence-corrected chi connectivity index (χ3v) is 2.94. The van der Waals surface area contributed by atoms with Gasteiger partial charge in [-0.2, -0.15) is 0 Å². The van der Waals surface area contributed by atoms with Gasteiger partial charge in [0.05, 0.1) is 0 Å². The first-order valence-corrected chi connectivity index (χ1v) is 6.26. The third-order valence-electron chi connectivity index (χ3n) is 2.94. The molecule has 0 aliphatic heterocycles. The number of aromatic nitrogens is 2. The molecule has 1 rings (SSSR count). The minimum Gasteiger partial charge on any atom is -0.377 e. The fraction of sp³-hybridized carbons (Fsp3) is 0.667. The Bertz CT molecular complexity index is 371. The number of methoxy groups -OCH3 is 1. The van der Waals surface area contributed by atoms with E-state index in [4.69, 9.17) is 10.6 Å². The minimum absolute atomic E-state index is 0.376. The number of hydrogen-bond donors (Lipinski definition) is 2. The second kappa shape index (κ2) is 7.13. The number of anilines is 2. The van der Waals surface area contributed by atoms with E-state index in [9.17, 15) is 0 Å². The quantitative estimate of drug-likeness (QED) is 0.567. The molecule has 0 aliphatic carbocycles. The summed E-state index contributed by atoms with van der Waals surface area (Å²) in [7, 11) is 1.62. The van der Waals surface area contributed by atoms with E-state index in [-0.39, 0.29) is 0 Å². The van der Waals surface area contributed by atoms with Crippen molar-refractivity contribution in [3.05, 3.63) is 11.9 Å². The van der Waals surface area contributed by atoms with Crippen molar-refractivity contribution in [1.82, 2.24) is 9.97 Å². The summed E-state index contributed by atoms with van der Waals surface area (Å²) in [5, 5.41) is 0. The minimum atomic E-state index is 0.376. The molecule has 6 heteroatoms. The van der Waals surface area contributed by atoms with E-state index >= 15 is 0 Å². The average molecular weight is 253 g/mol. The standard InChI is InChI=1S/C12H23N5O/c1-5-9(3)17(6-2)12-7-10(16-13)14-11(15-12)8-18-4/h7,9H,5-6,8,13H2,1-4H3,(H,14,15,16). The fourth-order valence-corrected chi connectivity index (χ4v) is 1.82. The molecule has 0 saturated carbocycles. The maximum atomic E-state index is 5.43. The Morgan fingerprint density at radius 1 is 1.44 bits per heavy atom. The van der Waals surface area contributed by atoms with Crippen LogP contribution in [0.25, 0.3) is 0 Å². The number of hydrogen-bond acceptors (Lipinski definition) is 6. The molecule has 0 bridgehead atoms. The number of rotatable bonds is 7. The number of nitrogens with zero attached hydrogens (tertiary/aromatic N) is 3. The van der Waals surface area contributed by atoms with Gasteiger partial charge in [0.15, 0.2) is 5.82 Å². The lowest BCUT2D eigenvalue weighted by Crippen LogP contribution is -2.33. The molecule has 0 radical (unpaired) electrons. The maximum Gasteiger partial charge on any atom is 0.158 e. The van der Waals surface area contributed by atoms with Gasteiger partial charge in [-0.1, -0.05) is 6.92 Å². The Hall–Kier alpha value is -1.40. The Morgan fingerprint density at radius 3 is 2.67 bits per heavy atom. The molecule has 102 valence electrons. The largest absolute Gasteiger partial charge is 0.377 e. The van der Waals surface area contributed by atoms with E-state index in [0.717, 1.165) is 18.8 Å². The van der Waals surface area contributed by atoms with Gasteiger partial charge in [0.25, 0.3) is 0 Å². The summed E-state index contributed by atoms with van der Waals surface area (Å²) in [5.74, 6) is 7.55. The Labute approximate surface area is 109 Å². The van der Waals surface area contributed by atoms with Crippen molar-refractivity contribution in [2.24, 2.45) is 5.84 Å². The first-order chi connectivity index (χ1) is 8.65. The van der Waals surface area contributed by atoms with Crippen LogP contribution in [-0.2, 0) is 11.3 Å². The summed E-state index contributed by atoms with van der Waals surface area (Å²) in [4.78, 5) is 11.0. The Balaban J connectivity index is 3.08. The van der Waals surface area contributed by atoms with Crippen molar-refractivity contribution < 1.29 is 4.74 Å². The van der Waals surface area contributed by atoms with Crippen LogP contribution < -0.4 is 16.2 Å². The van der Waals surface area contributed by atoms with Gasteiger partial charge in [-0.3, -0.25) is 0 Å². The fourth-order valence-electron chi connectivity index (χ4n) is 1.82. The van der Waals surface area contributed by atoms with Crippen LogP contribution in [0, 0.1) is 0 Å². The highest BCUT2D eigenvalue weighted by atomic mass is 16.5. The molecule has 18 heavy (non-hydrogen) atoms. The first-order valence-electron chi connectivity index (χ1n) is 6.26. The Morgan fingerprint density at radius 2 is 2.17 bits per heavy atom. The molecule has 0 fully saturated rings. The van der Waals surface area contributed by atoms with Crippen LogP contribution in [0.3, 0.4) is 0 Å². The second-order valence-corrected chi connectivity index (χ2v) is 4.15. The molecular formula is C12H23N5O. The molecular weight excluding hydrogens is 230 g/mol. The average Bonchev–Trinajstić information content (AvgIpc) is 2.39. The van der Waals surface area contributed by atoms with Crippen LogP contribution in [0.1, 0.15) is 33.0 Å². The molecule has 1 aromatic rings. The third kappa shape index (κ3) is 3.54. The van der Waals surface area contributed by atoms with Crippen LogP contribution >= 0.6 is 0 Å². The van der Waals surface area contributed by atoms with Crippen molar-refractivity contribution >= 4 is 11.6 Å². The van der Waals surface area contributed by atoms with E-state index in [1.165, 1.54) is 0 Å². The summed E-state index contributed by atoms with van der Waals surface area (Å²) in [6.07, 6.45) is 1.06. The summed E-state index contributed by atoms with van der Waals surface area (Å²) in [6.45, 7) is 7.71. The first kappa shape index (κ1) is 14.7. The molecule has 0 saturated heterocycles. The van der Waals surface area contributed by atoms with Crippen molar-refractivity contribution in [2.45, 2.75) is 39.8 Å². The Kier molecular flexibility index (Phi) is 5.80. The van der Waals surface area contributed by atoms with E-state index in [1.54, 1.807) is 7.11 Å². The zero-order valence-corrected chi connectivity index (χ0v) is 11.6. The van der Waals surface area contributed by atoms with Crippen LogP contribution in [0.15, 0.2) is 6.07 Å². The lowest BCUT2D eigenvalue weighted by molar-refractivity contribution is 0.178. The van der Waals surface area contributed by atoms with Gasteiger partial charge in [-0.25, -0.2) is 15.8 Å². The lowest BCUT2D eigenvalue weighted by Gasteiger charge is -2.28. The van der Waals surface area contributed by atoms with Gasteiger partial charge in [0, 0.05) is 25.8 Å². The number of nitrogens with two attached hydrogens (primary N) is 1. The topological polar surface area (TPSA) is 76.3 Å². The number of nitrogen functional groups attached to an aromatic ring is 1. The van der Waals surface area contributed by atoms with E-state index in [1.807, 2.05) is 6.07 Å². The van der Waals surface area contributed by atoms with Gasteiger partial charge < -0.3 is 15.1 Å². The van der Waals surface area contributed by atoms with Crippen LogP contribution in [0.2, 0.25) is 0 Å². The molecule has 6 nitrogen and oxygen atoms in total. The maximum absolute atomic E-state index is 5.43. The molecule has 1 aromatic heterocycles. The van der Waals surface area contributed by atoms with Crippen molar-refractivity contribution in [1.29, 1.82) is 0 Å². The van der Waals surface area contributed by atoms with Gasteiger partial charge in [0.2, 0.25) is 0 Å². The highest BCUT2D eigenvalue weighted by molar-refractivity contribution is 5.49. The van der Waals surface area contributed by atoms with E-state index < -0.39 is 0 Å². The van der Waals surface area contributed by atoms with Gasteiger partial charge >= 0.3 is 0 Å². The van der Waals surface area contributed by atoms with E-state index in [0.29, 0.717) is 24.3 Å². The monoisotopic (exact) mass is 253 g/mol. The van der Waals surface area contributed by atoms with Crippen LogP contribution in [0.5, 0.6) is 0 Å². The number of nitrogens with one attached hydrogen (secondary N) is 1. The SMILES string of the molecule is CCC(C)N(CC)c1cc(NN)nc(COC)n1. The van der Waals surface area contributed by atoms with Gasteiger partial charge in [0.1, 0.15) is 18.2 Å². The van der Waals surface area contributed by atoms with Crippen LogP contribution in [0.4, 0.5) is 11.6 Å². The summed E-state index contributed by atoms with van der Waals surface area (Å²) < 4.78 is 5.07. The predicted molar refractivity (Wildman–Crippen MR) is 73.3 cm³/mol. The molecule has 1 heterocycles. The van der Waals surface area contributed by atoms with Crippen molar-refractivity contribution in [3.63, 3.8) is 0 Å². The predicted octanol–water partition coefficient (Wildman–Crippen LogP) is 1.53. The summed E-state index contributed by atoms with van der Waals surface area (Å²) in [6, 6.07) is 2.28. The second-order valence-electron chi connectivity index (χ2n) is 4.15. The molecule has 0 amide bonds. The zero-order valence-electron chi connectivity index (χ0n) is 11.6. The van der Waals surface area contributed by atoms with Crippen LogP contribution in [-0.4, -0.2) is 29.7 Å². The molecule has 3 N–H and O–H groups in total. The summed E-state index contributed by atoms with van der Waals surface area (Å²) in [5.41, 5.74) is 2.57. The zero-order chi connectivity index (χ0) is 13.5. The lowest BCUT2D eigenvalue weighted by atomic mass is 10.2. The summed E-state index contributed by atoms with van der Waals surface area (Å²) >= 11 is 0. The van der Waals surface area contributed by atoms with Gasteiger partial charge in [-0.15, -0.1) is 0 Å².